The first-order valence-electron chi connectivity index (χ1n) is 4.85. The Morgan fingerprint density at radius 1 is 1.18 bits per heavy atom. The van der Waals surface area contributed by atoms with Gasteiger partial charge in [0.15, 0.2) is 0 Å². The minimum atomic E-state index is 0.602. The molecule has 0 unspecified atom stereocenters. The van der Waals surface area contributed by atoms with Crippen molar-refractivity contribution in [1.29, 1.82) is 0 Å². The molecule has 0 aromatic carbocycles. The Balaban J connectivity index is 2.19. The molecule has 0 amide bonds. The van der Waals surface area contributed by atoms with Gasteiger partial charge in [-0.15, -0.1) is 0 Å². The molecule has 0 radical (unpaired) electrons. The van der Waals surface area contributed by atoms with Gasteiger partial charge in [-0.2, -0.15) is 0 Å². The summed E-state index contributed by atoms with van der Waals surface area (Å²) in [6.07, 6.45) is 2.39. The van der Waals surface area contributed by atoms with Gasteiger partial charge in [-0.3, -0.25) is 0 Å². The van der Waals surface area contributed by atoms with Gasteiger partial charge in [-0.1, -0.05) is 6.07 Å². The maximum absolute atomic E-state index is 5.00. The van der Waals surface area contributed by atoms with Crippen LogP contribution in [-0.2, 0) is 6.42 Å². The summed E-state index contributed by atoms with van der Waals surface area (Å²) >= 11 is 6.66. The molecule has 2 heterocycles. The van der Waals surface area contributed by atoms with E-state index >= 15 is 0 Å². The topological polar surface area (TPSA) is 47.9 Å². The average molecular weight is 359 g/mol. The second kappa shape index (κ2) is 5.55. The summed E-state index contributed by atoms with van der Waals surface area (Å²) in [7, 11) is 1.59. The molecule has 88 valence electrons. The summed E-state index contributed by atoms with van der Waals surface area (Å²) in [6, 6.07) is 5.57. The Hall–Kier alpha value is -1.01. The second-order valence-electron chi connectivity index (χ2n) is 3.32. The Bertz CT molecular complexity index is 496. The van der Waals surface area contributed by atoms with Crippen LogP contribution in [0.1, 0.15) is 11.4 Å². The van der Waals surface area contributed by atoms with Crippen LogP contribution in [0.5, 0.6) is 5.88 Å². The van der Waals surface area contributed by atoms with Gasteiger partial charge in [0, 0.05) is 24.8 Å². The van der Waals surface area contributed by atoms with Crippen molar-refractivity contribution in [1.82, 2.24) is 15.0 Å². The molecule has 0 spiro atoms. The maximum Gasteiger partial charge on any atom is 0.212 e. The van der Waals surface area contributed by atoms with E-state index in [0.29, 0.717) is 12.3 Å². The highest BCUT2D eigenvalue weighted by Gasteiger charge is 2.03. The molecule has 0 aliphatic carbocycles. The fraction of sp³-hybridized carbons (Fsp3) is 0.182. The van der Waals surface area contributed by atoms with E-state index in [4.69, 9.17) is 4.74 Å². The van der Waals surface area contributed by atoms with Gasteiger partial charge in [-0.25, -0.2) is 15.0 Å². The zero-order valence-corrected chi connectivity index (χ0v) is 12.2. The summed E-state index contributed by atoms with van der Waals surface area (Å²) < 4.78 is 6.52. The van der Waals surface area contributed by atoms with E-state index in [1.807, 2.05) is 12.1 Å². The summed E-state index contributed by atoms with van der Waals surface area (Å²) in [5, 5.41) is 0. The van der Waals surface area contributed by atoms with Crippen molar-refractivity contribution < 1.29 is 4.74 Å². The van der Waals surface area contributed by atoms with Crippen LogP contribution in [0.2, 0.25) is 0 Å². The average Bonchev–Trinajstić information content (AvgIpc) is 2.28. The molecule has 2 aromatic heterocycles. The fourth-order valence-electron chi connectivity index (χ4n) is 1.33. The summed E-state index contributed by atoms with van der Waals surface area (Å²) in [5.41, 5.74) is 1.04. The van der Waals surface area contributed by atoms with Crippen LogP contribution in [0.25, 0.3) is 0 Å². The van der Waals surface area contributed by atoms with Crippen LogP contribution in [0.4, 0.5) is 0 Å². The number of aromatic nitrogens is 3. The molecular formula is C11H9Br2N3O. The van der Waals surface area contributed by atoms with Crippen molar-refractivity contribution in [2.75, 3.05) is 7.11 Å². The molecular weight excluding hydrogens is 350 g/mol. The zero-order chi connectivity index (χ0) is 12.3. The van der Waals surface area contributed by atoms with Crippen LogP contribution in [0.15, 0.2) is 33.6 Å². The lowest BCUT2D eigenvalue weighted by atomic mass is 10.2. The summed E-state index contributed by atoms with van der Waals surface area (Å²) in [6.45, 7) is 0. The molecule has 0 N–H and O–H groups in total. The highest BCUT2D eigenvalue weighted by Crippen LogP contribution is 2.15. The fourth-order valence-corrected chi connectivity index (χ4v) is 2.48. The Morgan fingerprint density at radius 2 is 1.88 bits per heavy atom. The third kappa shape index (κ3) is 3.47. The van der Waals surface area contributed by atoms with Crippen molar-refractivity contribution in [2.24, 2.45) is 0 Å². The first kappa shape index (κ1) is 12.4. The van der Waals surface area contributed by atoms with Crippen molar-refractivity contribution in [3.8, 4) is 5.88 Å². The van der Waals surface area contributed by atoms with Gasteiger partial charge in [0.1, 0.15) is 15.0 Å². The van der Waals surface area contributed by atoms with Crippen molar-refractivity contribution in [3.05, 3.63) is 45.0 Å². The van der Waals surface area contributed by atoms with E-state index in [1.54, 1.807) is 19.4 Å². The molecule has 2 rings (SSSR count). The molecule has 0 fully saturated rings. The highest BCUT2D eigenvalue weighted by molar-refractivity contribution is 9.11. The van der Waals surface area contributed by atoms with E-state index in [9.17, 15) is 0 Å². The van der Waals surface area contributed by atoms with Crippen molar-refractivity contribution >= 4 is 31.9 Å². The minimum Gasteiger partial charge on any atom is -0.481 e. The number of nitrogens with zero attached hydrogens (tertiary/aromatic N) is 3. The minimum absolute atomic E-state index is 0.602. The van der Waals surface area contributed by atoms with Gasteiger partial charge in [-0.05, 0) is 37.4 Å². The largest absolute Gasteiger partial charge is 0.481 e. The number of hydrogen-bond acceptors (Lipinski definition) is 4. The third-order valence-corrected chi connectivity index (χ3v) is 2.89. The molecule has 0 saturated heterocycles. The molecule has 17 heavy (non-hydrogen) atoms. The number of rotatable bonds is 3. The highest BCUT2D eigenvalue weighted by atomic mass is 79.9. The van der Waals surface area contributed by atoms with Gasteiger partial charge < -0.3 is 4.74 Å². The Kier molecular flexibility index (Phi) is 4.06. The van der Waals surface area contributed by atoms with E-state index < -0.39 is 0 Å². The predicted octanol–water partition coefficient (Wildman–Crippen LogP) is 3.00. The van der Waals surface area contributed by atoms with E-state index in [0.717, 1.165) is 20.6 Å². The van der Waals surface area contributed by atoms with Crippen molar-refractivity contribution in [2.45, 2.75) is 6.42 Å². The van der Waals surface area contributed by atoms with Crippen LogP contribution >= 0.6 is 31.9 Å². The molecule has 0 aliphatic heterocycles. The van der Waals surface area contributed by atoms with Gasteiger partial charge in [0.2, 0.25) is 5.88 Å². The smallest absolute Gasteiger partial charge is 0.212 e. The normalized spacial score (nSPS) is 10.3. The van der Waals surface area contributed by atoms with E-state index in [-0.39, 0.29) is 0 Å². The lowest BCUT2D eigenvalue weighted by molar-refractivity contribution is 0.397. The lowest BCUT2D eigenvalue weighted by Crippen LogP contribution is -1.98. The molecule has 0 aliphatic rings. The Morgan fingerprint density at radius 3 is 2.41 bits per heavy atom. The number of hydrogen-bond donors (Lipinski definition) is 0. The lowest BCUT2D eigenvalue weighted by Gasteiger charge is -2.03. The van der Waals surface area contributed by atoms with Gasteiger partial charge >= 0.3 is 0 Å². The van der Waals surface area contributed by atoms with Crippen molar-refractivity contribution in [3.63, 3.8) is 0 Å². The number of halogens is 2. The Labute approximate surface area is 116 Å². The van der Waals surface area contributed by atoms with Gasteiger partial charge in [0.05, 0.1) is 7.11 Å². The SMILES string of the molecule is COc1ccc(Cc2nc(Br)cc(Br)n2)cn1. The molecule has 6 heteroatoms. The molecule has 0 bridgehead atoms. The third-order valence-electron chi connectivity index (χ3n) is 2.08. The van der Waals surface area contributed by atoms with Crippen LogP contribution in [0, 0.1) is 0 Å². The van der Waals surface area contributed by atoms with Crippen LogP contribution in [0.3, 0.4) is 0 Å². The zero-order valence-electron chi connectivity index (χ0n) is 9.02. The molecule has 2 aromatic rings. The number of methoxy groups -OCH3 is 1. The number of ether oxygens (including phenoxy) is 1. The quantitative estimate of drug-likeness (QED) is 0.791. The van der Waals surface area contributed by atoms with E-state index in [1.165, 1.54) is 0 Å². The number of pyridine rings is 1. The van der Waals surface area contributed by atoms with Gasteiger partial charge in [0.25, 0.3) is 0 Å². The first-order valence-corrected chi connectivity index (χ1v) is 6.44. The molecule has 0 atom stereocenters. The predicted molar refractivity (Wildman–Crippen MR) is 71.0 cm³/mol. The molecule has 4 nitrogen and oxygen atoms in total. The first-order chi connectivity index (χ1) is 8.17. The maximum atomic E-state index is 5.00. The van der Waals surface area contributed by atoms with Crippen LogP contribution < -0.4 is 4.74 Å². The summed E-state index contributed by atoms with van der Waals surface area (Å²) in [5.74, 6) is 1.34. The van der Waals surface area contributed by atoms with E-state index in [2.05, 4.69) is 46.8 Å². The second-order valence-corrected chi connectivity index (χ2v) is 4.94. The monoisotopic (exact) mass is 357 g/mol. The standard InChI is InChI=1S/C11H9Br2N3O/c1-17-11-3-2-7(6-14-11)4-10-15-8(12)5-9(13)16-10/h2-3,5-6H,4H2,1H3. The van der Waals surface area contributed by atoms with Crippen LogP contribution in [-0.4, -0.2) is 22.1 Å². The summed E-state index contributed by atoms with van der Waals surface area (Å²) in [4.78, 5) is 12.7. The molecule has 0 saturated carbocycles.